The summed E-state index contributed by atoms with van der Waals surface area (Å²) >= 11 is 0. The van der Waals surface area contributed by atoms with Crippen LogP contribution in [-0.4, -0.2) is 67.1 Å². The molecule has 4 rings (SSSR count). The molecule has 3 heterocycles. The molecule has 3 aliphatic heterocycles. The van der Waals surface area contributed by atoms with Gasteiger partial charge in [0.1, 0.15) is 11.9 Å². The van der Waals surface area contributed by atoms with Crippen molar-refractivity contribution in [1.82, 2.24) is 9.80 Å². The number of likely N-dealkylation sites (tertiary alicyclic amines) is 2. The van der Waals surface area contributed by atoms with Crippen LogP contribution in [0.3, 0.4) is 0 Å². The molecular weight excluding hydrogens is 368 g/mol. The minimum absolute atomic E-state index is 0.00558. The number of carbonyl (C=O) groups excluding carboxylic acids is 2. The van der Waals surface area contributed by atoms with Crippen molar-refractivity contribution in [3.8, 4) is 5.75 Å². The van der Waals surface area contributed by atoms with Crippen LogP contribution in [0, 0.1) is 5.41 Å². The molecule has 3 fully saturated rings. The van der Waals surface area contributed by atoms with Gasteiger partial charge < -0.3 is 14.4 Å². The Balaban J connectivity index is 1.36. The van der Waals surface area contributed by atoms with Crippen LogP contribution in [-0.2, 0) is 9.53 Å². The van der Waals surface area contributed by atoms with Crippen molar-refractivity contribution in [2.75, 3.05) is 39.3 Å². The van der Waals surface area contributed by atoms with Crippen molar-refractivity contribution in [3.05, 3.63) is 29.8 Å². The van der Waals surface area contributed by atoms with Crippen molar-refractivity contribution in [2.24, 2.45) is 5.41 Å². The lowest BCUT2D eigenvalue weighted by Gasteiger charge is -2.36. The lowest BCUT2D eigenvalue weighted by atomic mass is 9.76. The maximum Gasteiger partial charge on any atom is 0.312 e. The molecule has 3 saturated heterocycles. The summed E-state index contributed by atoms with van der Waals surface area (Å²) in [6.07, 6.45) is 5.55. The molecule has 1 unspecified atom stereocenters. The summed E-state index contributed by atoms with van der Waals surface area (Å²) in [5.74, 6) is 0.581. The van der Waals surface area contributed by atoms with Gasteiger partial charge in [-0.05, 0) is 57.3 Å². The van der Waals surface area contributed by atoms with Crippen molar-refractivity contribution < 1.29 is 19.1 Å². The van der Waals surface area contributed by atoms with Gasteiger partial charge in [0, 0.05) is 26.1 Å². The highest BCUT2D eigenvalue weighted by molar-refractivity contribution is 5.97. The zero-order valence-electron chi connectivity index (χ0n) is 17.4. The van der Waals surface area contributed by atoms with Gasteiger partial charge in [-0.1, -0.05) is 19.1 Å². The van der Waals surface area contributed by atoms with Crippen LogP contribution in [0.4, 0.5) is 0 Å². The Bertz CT molecular complexity index is 736. The number of ether oxygens (including phenoxy) is 2. The van der Waals surface area contributed by atoms with Gasteiger partial charge in [0.05, 0.1) is 17.6 Å². The number of amides is 1. The number of nitrogens with zero attached hydrogens (tertiary/aromatic N) is 2. The molecule has 1 atom stereocenters. The van der Waals surface area contributed by atoms with Crippen molar-refractivity contribution >= 4 is 11.9 Å². The summed E-state index contributed by atoms with van der Waals surface area (Å²) in [5.41, 5.74) is 0.206. The highest BCUT2D eigenvalue weighted by Gasteiger charge is 2.51. The zero-order valence-corrected chi connectivity index (χ0v) is 17.4. The van der Waals surface area contributed by atoms with E-state index in [9.17, 15) is 9.59 Å². The Morgan fingerprint density at radius 3 is 2.62 bits per heavy atom. The second kappa shape index (κ2) is 8.74. The fourth-order valence-corrected chi connectivity index (χ4v) is 4.89. The second-order valence-corrected chi connectivity index (χ2v) is 8.66. The van der Waals surface area contributed by atoms with E-state index < -0.39 is 5.41 Å². The maximum atomic E-state index is 13.1. The topological polar surface area (TPSA) is 59.1 Å². The molecule has 1 amide bonds. The van der Waals surface area contributed by atoms with E-state index in [1.807, 2.05) is 36.1 Å². The first-order valence-corrected chi connectivity index (χ1v) is 11.1. The standard InChI is InChI=1S/C23H32N2O4/c1-2-15-28-20-8-4-3-7-19(20)21(26)25-13-9-23(10-14-25)16-18(29-22(23)27)17-24-11-5-6-12-24/h3-4,7-8,18H,2,5-6,9-17H2,1H3. The molecule has 6 nitrogen and oxygen atoms in total. The molecule has 1 spiro atoms. The molecular formula is C23H32N2O4. The summed E-state index contributed by atoms with van der Waals surface area (Å²) < 4.78 is 11.5. The number of rotatable bonds is 6. The first kappa shape index (κ1) is 20.2. The van der Waals surface area contributed by atoms with E-state index in [-0.39, 0.29) is 18.0 Å². The van der Waals surface area contributed by atoms with Crippen molar-refractivity contribution in [2.45, 2.75) is 51.6 Å². The van der Waals surface area contributed by atoms with E-state index in [1.165, 1.54) is 12.8 Å². The maximum absolute atomic E-state index is 13.1. The normalized spacial score (nSPS) is 24.1. The number of hydrogen-bond acceptors (Lipinski definition) is 5. The average molecular weight is 401 g/mol. The highest BCUT2D eigenvalue weighted by atomic mass is 16.6. The molecule has 3 aliphatic rings. The Morgan fingerprint density at radius 2 is 1.90 bits per heavy atom. The summed E-state index contributed by atoms with van der Waals surface area (Å²) in [4.78, 5) is 30.0. The fourth-order valence-electron chi connectivity index (χ4n) is 4.89. The number of carbonyl (C=O) groups is 2. The Labute approximate surface area is 173 Å². The van der Waals surface area contributed by atoms with Crippen LogP contribution < -0.4 is 4.74 Å². The highest BCUT2D eigenvalue weighted by Crippen LogP contribution is 2.43. The Kier molecular flexibility index (Phi) is 6.09. The van der Waals surface area contributed by atoms with Gasteiger partial charge in [-0.25, -0.2) is 0 Å². The molecule has 158 valence electrons. The molecule has 0 radical (unpaired) electrons. The smallest absolute Gasteiger partial charge is 0.312 e. The predicted molar refractivity (Wildman–Crippen MR) is 110 cm³/mol. The molecule has 0 N–H and O–H groups in total. The minimum Gasteiger partial charge on any atom is -0.493 e. The van der Waals surface area contributed by atoms with Crippen LogP contribution in [0.5, 0.6) is 5.75 Å². The van der Waals surface area contributed by atoms with E-state index in [1.54, 1.807) is 0 Å². The minimum atomic E-state index is -0.403. The van der Waals surface area contributed by atoms with Crippen LogP contribution in [0.15, 0.2) is 24.3 Å². The first-order valence-electron chi connectivity index (χ1n) is 11.1. The van der Waals surface area contributed by atoms with Crippen LogP contribution in [0.25, 0.3) is 0 Å². The zero-order chi connectivity index (χ0) is 20.3. The number of esters is 1. The lowest BCUT2D eigenvalue weighted by Crippen LogP contribution is -2.45. The second-order valence-electron chi connectivity index (χ2n) is 8.66. The summed E-state index contributed by atoms with van der Waals surface area (Å²) in [6.45, 7) is 6.91. The van der Waals surface area contributed by atoms with Crippen molar-refractivity contribution in [1.29, 1.82) is 0 Å². The van der Waals surface area contributed by atoms with Gasteiger partial charge in [-0.2, -0.15) is 0 Å². The largest absolute Gasteiger partial charge is 0.493 e. The van der Waals surface area contributed by atoms with Crippen LogP contribution in [0.2, 0.25) is 0 Å². The van der Waals surface area contributed by atoms with Crippen LogP contribution in [0.1, 0.15) is 55.8 Å². The molecule has 0 aromatic heterocycles. The molecule has 1 aromatic carbocycles. The lowest BCUT2D eigenvalue weighted by molar-refractivity contribution is -0.150. The first-order chi connectivity index (χ1) is 14.1. The van der Waals surface area contributed by atoms with Gasteiger partial charge in [0.15, 0.2) is 0 Å². The van der Waals surface area contributed by atoms with E-state index in [2.05, 4.69) is 4.90 Å². The number of hydrogen-bond donors (Lipinski definition) is 0. The Hall–Kier alpha value is -2.08. The van der Waals surface area contributed by atoms with E-state index in [4.69, 9.17) is 9.47 Å². The predicted octanol–water partition coefficient (Wildman–Crippen LogP) is 3.11. The molecule has 0 saturated carbocycles. The van der Waals surface area contributed by atoms with E-state index in [0.717, 1.165) is 32.5 Å². The molecule has 1 aromatic rings. The summed E-state index contributed by atoms with van der Waals surface area (Å²) in [7, 11) is 0. The summed E-state index contributed by atoms with van der Waals surface area (Å²) in [6, 6.07) is 7.44. The van der Waals surface area contributed by atoms with Gasteiger partial charge in [0.2, 0.25) is 0 Å². The number of cyclic esters (lactones) is 1. The third-order valence-electron chi connectivity index (χ3n) is 6.57. The van der Waals surface area contributed by atoms with Crippen molar-refractivity contribution in [3.63, 3.8) is 0 Å². The fraction of sp³-hybridized carbons (Fsp3) is 0.652. The van der Waals surface area contributed by atoms with Gasteiger partial charge in [-0.3, -0.25) is 14.5 Å². The number of para-hydroxylation sites is 1. The average Bonchev–Trinajstić information content (AvgIpc) is 3.35. The van der Waals surface area contributed by atoms with Gasteiger partial charge >= 0.3 is 5.97 Å². The van der Waals surface area contributed by atoms with Crippen LogP contribution >= 0.6 is 0 Å². The SMILES string of the molecule is CCCOc1ccccc1C(=O)N1CCC2(CC1)CC(CN1CCCC1)OC2=O. The van der Waals surface area contributed by atoms with Gasteiger partial charge in [-0.15, -0.1) is 0 Å². The molecule has 0 aliphatic carbocycles. The van der Waals surface area contributed by atoms with E-state index in [0.29, 0.717) is 43.9 Å². The molecule has 6 heteroatoms. The third kappa shape index (κ3) is 4.27. The monoisotopic (exact) mass is 400 g/mol. The molecule has 0 bridgehead atoms. The van der Waals surface area contributed by atoms with E-state index >= 15 is 0 Å². The third-order valence-corrected chi connectivity index (χ3v) is 6.57. The van der Waals surface area contributed by atoms with Gasteiger partial charge in [0.25, 0.3) is 5.91 Å². The molecule has 29 heavy (non-hydrogen) atoms. The quantitative estimate of drug-likeness (QED) is 0.687. The Morgan fingerprint density at radius 1 is 1.17 bits per heavy atom. The number of piperidine rings is 1. The number of benzene rings is 1. The summed E-state index contributed by atoms with van der Waals surface area (Å²) in [5, 5.41) is 0.